The van der Waals surface area contributed by atoms with E-state index in [0.717, 1.165) is 0 Å². The second-order valence-corrected chi connectivity index (χ2v) is 5.13. The van der Waals surface area contributed by atoms with Crippen molar-refractivity contribution < 1.29 is 23.5 Å². The lowest BCUT2D eigenvalue weighted by molar-refractivity contribution is -0.148. The number of hydrogen-bond donors (Lipinski definition) is 2. The fourth-order valence-corrected chi connectivity index (χ4v) is 1.95. The molecule has 6 nitrogen and oxygen atoms in total. The Morgan fingerprint density at radius 2 is 2.04 bits per heavy atom. The summed E-state index contributed by atoms with van der Waals surface area (Å²) in [7, 11) is 0. The van der Waals surface area contributed by atoms with Gasteiger partial charge in [0.15, 0.2) is 6.61 Å². The molecule has 0 radical (unpaired) electrons. The summed E-state index contributed by atoms with van der Waals surface area (Å²) in [4.78, 5) is 34.7. The molecule has 0 unspecified atom stereocenters. The van der Waals surface area contributed by atoms with E-state index >= 15 is 0 Å². The summed E-state index contributed by atoms with van der Waals surface area (Å²) in [5.74, 6) is -2.39. The number of halogens is 2. The molecule has 2 amide bonds. The van der Waals surface area contributed by atoms with E-state index < -0.39 is 30.3 Å². The average Bonchev–Trinajstić information content (AvgIpc) is 2.49. The minimum atomic E-state index is -0.794. The molecule has 1 rings (SSSR count). The first-order valence-corrected chi connectivity index (χ1v) is 7.38. The van der Waals surface area contributed by atoms with Crippen molar-refractivity contribution >= 4 is 29.4 Å². The first-order chi connectivity index (χ1) is 10.8. The molecule has 126 valence electrons. The van der Waals surface area contributed by atoms with E-state index in [9.17, 15) is 18.8 Å². The molecule has 8 heteroatoms. The lowest BCUT2D eigenvalue weighted by Crippen LogP contribution is -2.46. The number of likely N-dealkylation sites (N-methyl/N-ethyl adjacent to an activating group) is 1. The minimum Gasteiger partial charge on any atom is -0.455 e. The quantitative estimate of drug-likeness (QED) is 0.728. The molecule has 0 aliphatic carbocycles. The van der Waals surface area contributed by atoms with Gasteiger partial charge in [0.1, 0.15) is 11.9 Å². The monoisotopic (exact) mass is 344 g/mol. The summed E-state index contributed by atoms with van der Waals surface area (Å²) in [6, 6.07) is 3.30. The van der Waals surface area contributed by atoms with Crippen molar-refractivity contribution in [2.24, 2.45) is 0 Å². The van der Waals surface area contributed by atoms with Gasteiger partial charge in [0.05, 0.1) is 6.42 Å². The topological polar surface area (TPSA) is 84.5 Å². The van der Waals surface area contributed by atoms with Crippen LogP contribution in [0.4, 0.5) is 4.39 Å². The van der Waals surface area contributed by atoms with Gasteiger partial charge in [-0.05, 0) is 26.0 Å². The third-order valence-corrected chi connectivity index (χ3v) is 3.22. The fourth-order valence-electron chi connectivity index (χ4n) is 1.72. The Balaban J connectivity index is 2.44. The number of ether oxygens (including phenoxy) is 1. The van der Waals surface area contributed by atoms with Crippen molar-refractivity contribution in [1.82, 2.24) is 10.6 Å². The molecular formula is C15H18ClFN2O4. The Labute approximate surface area is 138 Å². The van der Waals surface area contributed by atoms with Crippen LogP contribution in [0.15, 0.2) is 18.2 Å². The third-order valence-electron chi connectivity index (χ3n) is 2.87. The maximum absolute atomic E-state index is 13.5. The second-order valence-electron chi connectivity index (χ2n) is 4.72. The summed E-state index contributed by atoms with van der Waals surface area (Å²) < 4.78 is 18.3. The van der Waals surface area contributed by atoms with Gasteiger partial charge >= 0.3 is 5.97 Å². The van der Waals surface area contributed by atoms with Gasteiger partial charge in [0.2, 0.25) is 5.91 Å². The Hall–Kier alpha value is -2.15. The number of nitrogens with one attached hydrogen (secondary N) is 2. The van der Waals surface area contributed by atoms with Crippen molar-refractivity contribution in [3.63, 3.8) is 0 Å². The predicted octanol–water partition coefficient (Wildman–Crippen LogP) is 1.21. The van der Waals surface area contributed by atoms with Crippen LogP contribution in [0.2, 0.25) is 5.02 Å². The van der Waals surface area contributed by atoms with Gasteiger partial charge in [-0.3, -0.25) is 14.4 Å². The van der Waals surface area contributed by atoms with Crippen LogP contribution in [0.3, 0.4) is 0 Å². The van der Waals surface area contributed by atoms with Crippen LogP contribution < -0.4 is 10.6 Å². The second kappa shape index (κ2) is 9.09. The molecule has 0 aliphatic rings. The van der Waals surface area contributed by atoms with Crippen molar-refractivity contribution in [2.75, 3.05) is 13.2 Å². The molecule has 0 bridgehead atoms. The van der Waals surface area contributed by atoms with Gasteiger partial charge in [0.25, 0.3) is 5.91 Å². The highest BCUT2D eigenvalue weighted by Gasteiger charge is 2.17. The molecule has 23 heavy (non-hydrogen) atoms. The van der Waals surface area contributed by atoms with Crippen molar-refractivity contribution in [3.05, 3.63) is 34.6 Å². The molecule has 2 N–H and O–H groups in total. The van der Waals surface area contributed by atoms with Crippen molar-refractivity contribution in [1.29, 1.82) is 0 Å². The van der Waals surface area contributed by atoms with E-state index in [1.165, 1.54) is 25.1 Å². The highest BCUT2D eigenvalue weighted by atomic mass is 35.5. The first-order valence-electron chi connectivity index (χ1n) is 7.00. The van der Waals surface area contributed by atoms with Crippen LogP contribution in [-0.2, 0) is 25.5 Å². The molecule has 1 aromatic rings. The molecule has 1 aromatic carbocycles. The minimum absolute atomic E-state index is 0.00951. The summed E-state index contributed by atoms with van der Waals surface area (Å²) in [6.45, 7) is 3.14. The lowest BCUT2D eigenvalue weighted by atomic mass is 10.1. The Bertz CT molecular complexity index is 575. The largest absolute Gasteiger partial charge is 0.455 e. The van der Waals surface area contributed by atoms with E-state index in [-0.39, 0.29) is 22.9 Å². The zero-order valence-corrected chi connectivity index (χ0v) is 13.6. The standard InChI is InChI=1S/C15H18ClFN2O4/c1-3-18-15(22)9(2)19-13(20)8-23-14(21)7-10-11(16)5-4-6-12(10)17/h4-6,9H,3,7-8H2,1-2H3,(H,18,22)(H,19,20)/t9-/m1/s1. The Morgan fingerprint density at radius 1 is 1.35 bits per heavy atom. The SMILES string of the molecule is CCNC(=O)[C@@H](C)NC(=O)COC(=O)Cc1c(F)cccc1Cl. The summed E-state index contributed by atoms with van der Waals surface area (Å²) in [5.41, 5.74) is 0.00951. The molecule has 0 fully saturated rings. The first kappa shape index (κ1) is 18.9. The van der Waals surface area contributed by atoms with E-state index in [0.29, 0.717) is 6.54 Å². The van der Waals surface area contributed by atoms with Gasteiger partial charge in [-0.1, -0.05) is 17.7 Å². The van der Waals surface area contributed by atoms with E-state index in [2.05, 4.69) is 10.6 Å². The summed E-state index contributed by atoms with van der Waals surface area (Å²) in [5, 5.41) is 5.03. The molecule has 0 saturated carbocycles. The van der Waals surface area contributed by atoms with E-state index in [4.69, 9.17) is 16.3 Å². The molecule has 0 aromatic heterocycles. The zero-order chi connectivity index (χ0) is 17.4. The number of amides is 2. The lowest BCUT2D eigenvalue weighted by Gasteiger charge is -2.13. The Kier molecular flexibility index (Phi) is 7.47. The van der Waals surface area contributed by atoms with E-state index in [1.807, 2.05) is 0 Å². The number of hydrogen-bond acceptors (Lipinski definition) is 4. The number of rotatable bonds is 7. The van der Waals surface area contributed by atoms with Crippen molar-refractivity contribution in [3.8, 4) is 0 Å². The van der Waals surface area contributed by atoms with Gasteiger partial charge in [-0.25, -0.2) is 4.39 Å². The molecule has 0 heterocycles. The molecule has 1 atom stereocenters. The number of esters is 1. The number of carbonyl (C=O) groups excluding carboxylic acids is 3. The molecule has 0 aliphatic heterocycles. The van der Waals surface area contributed by atoms with Crippen LogP contribution in [0.5, 0.6) is 0 Å². The van der Waals surface area contributed by atoms with Gasteiger partial charge in [0, 0.05) is 17.1 Å². The van der Waals surface area contributed by atoms with Crippen LogP contribution in [0.1, 0.15) is 19.4 Å². The average molecular weight is 345 g/mol. The fraction of sp³-hybridized carbons (Fsp3) is 0.400. The third kappa shape index (κ3) is 6.23. The van der Waals surface area contributed by atoms with Gasteiger partial charge < -0.3 is 15.4 Å². The maximum Gasteiger partial charge on any atom is 0.310 e. The molecule has 0 saturated heterocycles. The predicted molar refractivity (Wildman–Crippen MR) is 82.4 cm³/mol. The Morgan fingerprint density at radius 3 is 2.65 bits per heavy atom. The van der Waals surface area contributed by atoms with Crippen molar-refractivity contribution in [2.45, 2.75) is 26.3 Å². The number of carbonyl (C=O) groups is 3. The highest BCUT2D eigenvalue weighted by Crippen LogP contribution is 2.19. The smallest absolute Gasteiger partial charge is 0.310 e. The molecular weight excluding hydrogens is 327 g/mol. The zero-order valence-electron chi connectivity index (χ0n) is 12.8. The maximum atomic E-state index is 13.5. The van der Waals surface area contributed by atoms with Crippen LogP contribution in [0, 0.1) is 5.82 Å². The van der Waals surface area contributed by atoms with Crippen LogP contribution in [-0.4, -0.2) is 37.0 Å². The summed E-state index contributed by atoms with van der Waals surface area (Å²) >= 11 is 5.80. The van der Waals surface area contributed by atoms with Gasteiger partial charge in [-0.15, -0.1) is 0 Å². The summed E-state index contributed by atoms with van der Waals surface area (Å²) in [6.07, 6.45) is -0.384. The molecule has 0 spiro atoms. The van der Waals surface area contributed by atoms with Crippen LogP contribution in [0.25, 0.3) is 0 Å². The normalized spacial score (nSPS) is 11.5. The van der Waals surface area contributed by atoms with E-state index in [1.54, 1.807) is 6.92 Å². The van der Waals surface area contributed by atoms with Crippen LogP contribution >= 0.6 is 11.6 Å². The number of benzene rings is 1. The highest BCUT2D eigenvalue weighted by molar-refractivity contribution is 6.31. The van der Waals surface area contributed by atoms with Gasteiger partial charge in [-0.2, -0.15) is 0 Å².